The van der Waals surface area contributed by atoms with E-state index in [1.807, 2.05) is 0 Å². The van der Waals surface area contributed by atoms with Gasteiger partial charge in [0.25, 0.3) is 0 Å². The third kappa shape index (κ3) is 3.58. The van der Waals surface area contributed by atoms with Crippen LogP contribution in [0.15, 0.2) is 0 Å². The topological polar surface area (TPSA) is 21.3 Å². The molecule has 0 unspecified atom stereocenters. The minimum absolute atomic E-state index is 0.188. The minimum atomic E-state index is 0.188. The van der Waals surface area contributed by atoms with Crippen molar-refractivity contribution in [3.63, 3.8) is 0 Å². The molecule has 1 aliphatic rings. The summed E-state index contributed by atoms with van der Waals surface area (Å²) in [4.78, 5) is 0. The highest BCUT2D eigenvalue weighted by Crippen LogP contribution is 2.30. The third-order valence-electron chi connectivity index (χ3n) is 2.65. The summed E-state index contributed by atoms with van der Waals surface area (Å²) in [7, 11) is 0. The highest BCUT2D eigenvalue weighted by molar-refractivity contribution is 4.97. The maximum Gasteiger partial charge on any atom is 0.0609 e. The first-order valence-corrected chi connectivity index (χ1v) is 5.55. The van der Waals surface area contributed by atoms with Crippen molar-refractivity contribution in [2.24, 2.45) is 0 Å². The Kier molecular flexibility index (Phi) is 3.59. The Morgan fingerprint density at radius 1 is 1.21 bits per heavy atom. The first-order valence-electron chi connectivity index (χ1n) is 5.55. The van der Waals surface area contributed by atoms with Crippen molar-refractivity contribution in [2.45, 2.75) is 64.1 Å². The van der Waals surface area contributed by atoms with E-state index in [1.54, 1.807) is 0 Å². The molecular formula is C12H24NO. The van der Waals surface area contributed by atoms with Crippen LogP contribution in [0.1, 0.15) is 47.0 Å². The van der Waals surface area contributed by atoms with Crippen LogP contribution in [0.4, 0.5) is 0 Å². The van der Waals surface area contributed by atoms with Gasteiger partial charge < -0.3 is 10.1 Å². The van der Waals surface area contributed by atoms with Gasteiger partial charge in [-0.2, -0.15) is 0 Å². The summed E-state index contributed by atoms with van der Waals surface area (Å²) in [5.74, 6) is 0. The molecule has 14 heavy (non-hydrogen) atoms. The van der Waals surface area contributed by atoms with Gasteiger partial charge in [0, 0.05) is 17.7 Å². The minimum Gasteiger partial charge on any atom is -0.378 e. The average molecular weight is 198 g/mol. The van der Waals surface area contributed by atoms with Gasteiger partial charge in [0.15, 0.2) is 0 Å². The molecule has 0 spiro atoms. The van der Waals surface area contributed by atoms with E-state index >= 15 is 0 Å². The normalized spacial score (nSPS) is 26.4. The molecule has 0 aromatic heterocycles. The summed E-state index contributed by atoms with van der Waals surface area (Å²) in [6.45, 7) is 13.6. The van der Waals surface area contributed by atoms with Crippen molar-refractivity contribution < 1.29 is 4.74 Å². The third-order valence-corrected chi connectivity index (χ3v) is 2.65. The number of hydrogen-bond acceptors (Lipinski definition) is 2. The largest absolute Gasteiger partial charge is 0.378 e. The van der Waals surface area contributed by atoms with Gasteiger partial charge in [-0.1, -0.05) is 6.92 Å². The van der Waals surface area contributed by atoms with E-state index in [0.717, 1.165) is 25.9 Å². The van der Waals surface area contributed by atoms with Crippen LogP contribution >= 0.6 is 0 Å². The van der Waals surface area contributed by atoms with Gasteiger partial charge in [0.05, 0.1) is 6.10 Å². The lowest BCUT2D eigenvalue weighted by atomic mass is 9.81. The quantitative estimate of drug-likeness (QED) is 0.752. The summed E-state index contributed by atoms with van der Waals surface area (Å²) < 4.78 is 5.80. The first-order chi connectivity index (χ1) is 6.35. The van der Waals surface area contributed by atoms with E-state index in [2.05, 4.69) is 39.9 Å². The van der Waals surface area contributed by atoms with E-state index in [9.17, 15) is 0 Å². The molecule has 1 radical (unpaired) electrons. The van der Waals surface area contributed by atoms with Crippen molar-refractivity contribution in [1.82, 2.24) is 5.32 Å². The van der Waals surface area contributed by atoms with Crippen molar-refractivity contribution in [2.75, 3.05) is 6.61 Å². The van der Waals surface area contributed by atoms with Crippen molar-refractivity contribution >= 4 is 0 Å². The zero-order valence-corrected chi connectivity index (χ0v) is 10.0. The van der Waals surface area contributed by atoms with Gasteiger partial charge in [-0.25, -0.2) is 0 Å². The first kappa shape index (κ1) is 12.0. The zero-order chi connectivity index (χ0) is 10.8. The lowest BCUT2D eigenvalue weighted by Crippen LogP contribution is -2.59. The number of hydrogen-bond donors (Lipinski definition) is 1. The van der Waals surface area contributed by atoms with Crippen LogP contribution in [-0.2, 0) is 4.74 Å². The van der Waals surface area contributed by atoms with Crippen LogP contribution < -0.4 is 5.32 Å². The van der Waals surface area contributed by atoms with Crippen LogP contribution in [0.3, 0.4) is 0 Å². The molecule has 0 saturated carbocycles. The lowest BCUT2D eigenvalue weighted by molar-refractivity contribution is -0.0199. The molecule has 0 aromatic rings. The summed E-state index contributed by atoms with van der Waals surface area (Å²) in [6, 6.07) is 0. The number of nitrogens with one attached hydrogen (secondary N) is 1. The Bertz CT molecular complexity index is 171. The van der Waals surface area contributed by atoms with Crippen LogP contribution in [0.5, 0.6) is 0 Å². The molecule has 1 aliphatic heterocycles. The molecule has 0 amide bonds. The molecule has 1 heterocycles. The molecule has 2 nitrogen and oxygen atoms in total. The van der Waals surface area contributed by atoms with Crippen LogP contribution in [-0.4, -0.2) is 23.8 Å². The zero-order valence-electron chi connectivity index (χ0n) is 10.0. The van der Waals surface area contributed by atoms with E-state index in [-0.39, 0.29) is 11.1 Å². The molecule has 0 bridgehead atoms. The number of ether oxygens (including phenoxy) is 1. The highest BCUT2D eigenvalue weighted by atomic mass is 16.5. The standard InChI is InChI=1S/C12H24NO/c1-6-7-14-10-8-11(2,3)13-12(4,5)9-10/h10,13H,1,6-9H2,2-5H3. The second kappa shape index (κ2) is 4.19. The summed E-state index contributed by atoms with van der Waals surface area (Å²) >= 11 is 0. The molecule has 1 rings (SSSR count). The Morgan fingerprint density at radius 2 is 1.71 bits per heavy atom. The number of rotatable bonds is 3. The Hall–Kier alpha value is -0.0800. The SMILES string of the molecule is [CH2]CCOC1CC(C)(C)NC(C)(C)C1. The molecule has 1 saturated heterocycles. The summed E-state index contributed by atoms with van der Waals surface area (Å²) in [5.41, 5.74) is 0.376. The maximum atomic E-state index is 5.80. The predicted molar refractivity (Wildman–Crippen MR) is 60.2 cm³/mol. The number of piperidine rings is 1. The fourth-order valence-electron chi connectivity index (χ4n) is 2.60. The smallest absolute Gasteiger partial charge is 0.0609 e. The van der Waals surface area contributed by atoms with Crippen molar-refractivity contribution in [3.8, 4) is 0 Å². The molecule has 1 N–H and O–H groups in total. The second-order valence-electron chi connectivity index (χ2n) is 5.65. The fraction of sp³-hybridized carbons (Fsp3) is 0.917. The molecule has 83 valence electrons. The van der Waals surface area contributed by atoms with Gasteiger partial charge in [-0.3, -0.25) is 0 Å². The summed E-state index contributed by atoms with van der Waals surface area (Å²) in [5, 5.41) is 3.64. The monoisotopic (exact) mass is 198 g/mol. The molecular weight excluding hydrogens is 174 g/mol. The fourth-order valence-corrected chi connectivity index (χ4v) is 2.60. The van der Waals surface area contributed by atoms with Gasteiger partial charge in [-0.15, -0.1) is 0 Å². The Morgan fingerprint density at radius 3 is 2.14 bits per heavy atom. The second-order valence-corrected chi connectivity index (χ2v) is 5.65. The van der Waals surface area contributed by atoms with Gasteiger partial charge in [-0.05, 0) is 47.0 Å². The molecule has 1 fully saturated rings. The van der Waals surface area contributed by atoms with E-state index in [4.69, 9.17) is 4.74 Å². The van der Waals surface area contributed by atoms with Crippen molar-refractivity contribution in [1.29, 1.82) is 0 Å². The van der Waals surface area contributed by atoms with Crippen molar-refractivity contribution in [3.05, 3.63) is 6.92 Å². The molecule has 0 aromatic carbocycles. The molecule has 2 heteroatoms. The Balaban J connectivity index is 2.53. The van der Waals surface area contributed by atoms with Crippen LogP contribution in [0.25, 0.3) is 0 Å². The van der Waals surface area contributed by atoms with E-state index in [0.29, 0.717) is 6.10 Å². The summed E-state index contributed by atoms with van der Waals surface area (Å²) in [6.07, 6.45) is 3.44. The van der Waals surface area contributed by atoms with Gasteiger partial charge in [0.1, 0.15) is 0 Å². The van der Waals surface area contributed by atoms with Gasteiger partial charge in [0.2, 0.25) is 0 Å². The van der Waals surface area contributed by atoms with Gasteiger partial charge >= 0.3 is 0 Å². The Labute approximate surface area is 88.4 Å². The lowest BCUT2D eigenvalue weighted by Gasteiger charge is -2.46. The molecule has 0 aliphatic carbocycles. The van der Waals surface area contributed by atoms with Crippen LogP contribution in [0.2, 0.25) is 0 Å². The predicted octanol–water partition coefficient (Wildman–Crippen LogP) is 2.54. The molecule has 0 atom stereocenters. The van der Waals surface area contributed by atoms with E-state index < -0.39 is 0 Å². The van der Waals surface area contributed by atoms with Crippen LogP contribution in [0, 0.1) is 6.92 Å². The van der Waals surface area contributed by atoms with E-state index in [1.165, 1.54) is 0 Å². The average Bonchev–Trinajstić information content (AvgIpc) is 1.94. The maximum absolute atomic E-state index is 5.80. The highest BCUT2D eigenvalue weighted by Gasteiger charge is 2.37.